The molecule has 1 aliphatic heterocycles. The van der Waals surface area contributed by atoms with E-state index in [2.05, 4.69) is 6.58 Å². The molecule has 0 aromatic heterocycles. The highest BCUT2D eigenvalue weighted by molar-refractivity contribution is 5.76. The summed E-state index contributed by atoms with van der Waals surface area (Å²) in [6.45, 7) is 3.18. The maximum absolute atomic E-state index is 14.0. The lowest BCUT2D eigenvalue weighted by atomic mass is 9.79. The summed E-state index contributed by atoms with van der Waals surface area (Å²) in [4.78, 5) is 12.5. The molecule has 148 valence electrons. The van der Waals surface area contributed by atoms with Gasteiger partial charge in [-0.25, -0.2) is 22.5 Å². The predicted octanol–water partition coefficient (Wildman–Crippen LogP) is 2.13. The summed E-state index contributed by atoms with van der Waals surface area (Å²) in [7, 11) is 0. The molecule has 0 bridgehead atoms. The molecule has 5 nitrogen and oxygen atoms in total. The Morgan fingerprint density at radius 1 is 1.11 bits per heavy atom. The van der Waals surface area contributed by atoms with E-state index in [-0.39, 0.29) is 11.1 Å². The van der Waals surface area contributed by atoms with Crippen molar-refractivity contribution in [1.29, 1.82) is 0 Å². The van der Waals surface area contributed by atoms with E-state index >= 15 is 0 Å². The Bertz CT molecular complexity index is 886. The maximum atomic E-state index is 14.0. The molecule has 3 N–H and O–H groups in total. The third kappa shape index (κ3) is 3.17. The van der Waals surface area contributed by atoms with Gasteiger partial charge in [0.25, 0.3) is 0 Å². The summed E-state index contributed by atoms with van der Waals surface area (Å²) >= 11 is 0. The number of carbonyl (C=O) groups is 1. The molecule has 9 heteroatoms. The van der Waals surface area contributed by atoms with E-state index in [4.69, 9.17) is 10.5 Å². The van der Waals surface area contributed by atoms with Gasteiger partial charge < -0.3 is 15.6 Å². The zero-order valence-electron chi connectivity index (χ0n) is 14.4. The Labute approximate surface area is 157 Å². The fraction of sp³-hybridized carbons (Fsp3) is 0.211. The van der Waals surface area contributed by atoms with Gasteiger partial charge >= 0.3 is 0 Å². The van der Waals surface area contributed by atoms with Gasteiger partial charge in [-0.15, -0.1) is 6.58 Å². The van der Waals surface area contributed by atoms with E-state index in [1.165, 1.54) is 18.2 Å². The van der Waals surface area contributed by atoms with Crippen molar-refractivity contribution in [2.45, 2.75) is 18.1 Å². The van der Waals surface area contributed by atoms with Gasteiger partial charge in [-0.2, -0.15) is 0 Å². The Morgan fingerprint density at radius 3 is 2.00 bits per heavy atom. The lowest BCUT2D eigenvalue weighted by molar-refractivity contribution is -0.171. The number of hydrogen-bond donors (Lipinski definition) is 2. The molecule has 1 amide bonds. The molecule has 1 saturated heterocycles. The quantitative estimate of drug-likeness (QED) is 0.600. The van der Waals surface area contributed by atoms with E-state index in [1.54, 1.807) is 0 Å². The van der Waals surface area contributed by atoms with Crippen LogP contribution < -0.4 is 5.73 Å². The smallest absolute Gasteiger partial charge is 0.231 e. The maximum Gasteiger partial charge on any atom is 0.231 e. The summed E-state index contributed by atoms with van der Waals surface area (Å²) in [6.07, 6.45) is -0.432. The Morgan fingerprint density at radius 2 is 1.61 bits per heavy atom. The highest BCUT2D eigenvalue weighted by Gasteiger charge is 2.55. The average molecular weight is 396 g/mol. The van der Waals surface area contributed by atoms with Gasteiger partial charge in [-0.3, -0.25) is 4.79 Å². The van der Waals surface area contributed by atoms with Crippen LogP contribution >= 0.6 is 0 Å². The fourth-order valence-electron chi connectivity index (χ4n) is 3.43. The molecule has 1 aliphatic rings. The van der Waals surface area contributed by atoms with E-state index in [0.717, 1.165) is 29.2 Å². The molecule has 1 fully saturated rings. The van der Waals surface area contributed by atoms with Gasteiger partial charge in [-0.1, -0.05) is 18.2 Å². The number of aliphatic hydroxyl groups is 1. The van der Waals surface area contributed by atoms with Crippen molar-refractivity contribution >= 4 is 5.91 Å². The third-order valence-corrected chi connectivity index (χ3v) is 4.61. The van der Waals surface area contributed by atoms with Gasteiger partial charge in [0.1, 0.15) is 5.60 Å². The van der Waals surface area contributed by atoms with E-state index in [9.17, 15) is 27.5 Å². The highest BCUT2D eigenvalue weighted by Crippen LogP contribution is 2.46. The van der Waals surface area contributed by atoms with Crippen LogP contribution in [-0.2, 0) is 15.1 Å². The summed E-state index contributed by atoms with van der Waals surface area (Å²) in [5.41, 5.74) is 3.37. The SMILES string of the molecule is C=C[C@@H]1N(CC(N)=O)C(O)OC1(c1ccc(F)c(F)c1)c1ccc(F)c(F)c1. The molecule has 0 saturated carbocycles. The van der Waals surface area contributed by atoms with Crippen LogP contribution in [0.3, 0.4) is 0 Å². The number of carbonyl (C=O) groups excluding carboxylic acids is 1. The monoisotopic (exact) mass is 396 g/mol. The van der Waals surface area contributed by atoms with E-state index < -0.39 is 53.8 Å². The largest absolute Gasteiger partial charge is 0.369 e. The second-order valence-corrected chi connectivity index (χ2v) is 6.26. The van der Waals surface area contributed by atoms with Crippen LogP contribution in [0.1, 0.15) is 11.1 Å². The molecule has 1 heterocycles. The van der Waals surface area contributed by atoms with Gasteiger partial charge in [0.05, 0.1) is 12.6 Å². The van der Waals surface area contributed by atoms with Crippen LogP contribution in [0.2, 0.25) is 0 Å². The Balaban J connectivity index is 2.27. The standard InChI is InChI=1S/C19H16F4N2O3/c1-2-16-19(10-3-5-12(20)14(22)7-10,11-4-6-13(21)15(23)8-11)28-18(27)25(16)9-17(24)26/h2-8,16,18,27H,1,9H2,(H2,24,26)/t16-,18?/m0/s1. The Kier molecular flexibility index (Phi) is 5.24. The van der Waals surface area contributed by atoms with Gasteiger partial charge in [0.2, 0.25) is 12.3 Å². The second kappa shape index (κ2) is 7.34. The number of amides is 1. The van der Waals surface area contributed by atoms with Crippen LogP contribution in [0, 0.1) is 23.3 Å². The number of hydrogen-bond acceptors (Lipinski definition) is 4. The normalized spacial score (nSPS) is 21.6. The van der Waals surface area contributed by atoms with Crippen molar-refractivity contribution in [1.82, 2.24) is 4.90 Å². The van der Waals surface area contributed by atoms with Crippen LogP contribution in [0.5, 0.6) is 0 Å². The third-order valence-electron chi connectivity index (χ3n) is 4.61. The highest BCUT2D eigenvalue weighted by atomic mass is 19.2. The first-order valence-corrected chi connectivity index (χ1v) is 8.14. The molecule has 28 heavy (non-hydrogen) atoms. The summed E-state index contributed by atoms with van der Waals surface area (Å²) < 4.78 is 60.5. The number of nitrogens with two attached hydrogens (primary N) is 1. The molecule has 2 aromatic carbocycles. The van der Waals surface area contributed by atoms with Crippen LogP contribution in [0.25, 0.3) is 0 Å². The molecule has 0 aliphatic carbocycles. The second-order valence-electron chi connectivity index (χ2n) is 6.26. The van der Waals surface area contributed by atoms with Gasteiger partial charge in [-0.05, 0) is 35.4 Å². The first-order chi connectivity index (χ1) is 13.2. The molecule has 2 atom stereocenters. The van der Waals surface area contributed by atoms with Crippen LogP contribution in [0.15, 0.2) is 49.1 Å². The molecule has 0 radical (unpaired) electrons. The minimum absolute atomic E-state index is 0.00618. The van der Waals surface area contributed by atoms with Gasteiger partial charge in [0.15, 0.2) is 23.3 Å². The number of halogens is 4. The topological polar surface area (TPSA) is 75.8 Å². The first-order valence-electron chi connectivity index (χ1n) is 8.14. The molecular weight excluding hydrogens is 380 g/mol. The van der Waals surface area contributed by atoms with E-state index in [0.29, 0.717) is 0 Å². The first kappa shape index (κ1) is 20.0. The number of nitrogens with zero attached hydrogens (tertiary/aromatic N) is 1. The lowest BCUT2D eigenvalue weighted by Crippen LogP contribution is -2.46. The predicted molar refractivity (Wildman–Crippen MR) is 90.5 cm³/mol. The minimum Gasteiger partial charge on any atom is -0.369 e. The van der Waals surface area contributed by atoms with Crippen molar-refractivity contribution in [3.05, 3.63) is 83.4 Å². The number of benzene rings is 2. The number of aliphatic hydroxyl groups excluding tert-OH is 1. The summed E-state index contributed by atoms with van der Waals surface area (Å²) in [6, 6.07) is 4.59. The van der Waals surface area contributed by atoms with Crippen LogP contribution in [0.4, 0.5) is 17.6 Å². The molecule has 1 unspecified atom stereocenters. The molecular formula is C19H16F4N2O3. The van der Waals surface area contributed by atoms with Crippen molar-refractivity contribution in [3.63, 3.8) is 0 Å². The van der Waals surface area contributed by atoms with Crippen molar-refractivity contribution in [2.24, 2.45) is 5.73 Å². The zero-order chi connectivity index (χ0) is 20.6. The van der Waals surface area contributed by atoms with Crippen LogP contribution in [-0.4, -0.2) is 34.9 Å². The lowest BCUT2D eigenvalue weighted by Gasteiger charge is -2.35. The minimum atomic E-state index is -1.82. The summed E-state index contributed by atoms with van der Waals surface area (Å²) in [5.74, 6) is -5.50. The zero-order valence-corrected chi connectivity index (χ0v) is 14.4. The van der Waals surface area contributed by atoms with Crippen molar-refractivity contribution < 1.29 is 32.2 Å². The van der Waals surface area contributed by atoms with Crippen molar-refractivity contribution in [2.75, 3.05) is 6.54 Å². The number of primary amides is 1. The Hall–Kier alpha value is -2.75. The number of ether oxygens (including phenoxy) is 1. The van der Waals surface area contributed by atoms with E-state index in [1.807, 2.05) is 0 Å². The average Bonchev–Trinajstić information content (AvgIpc) is 2.91. The molecule has 0 spiro atoms. The molecule has 3 rings (SSSR count). The fourth-order valence-corrected chi connectivity index (χ4v) is 3.43. The van der Waals surface area contributed by atoms with Crippen molar-refractivity contribution in [3.8, 4) is 0 Å². The summed E-state index contributed by atoms with van der Waals surface area (Å²) in [5, 5.41) is 10.4. The number of rotatable bonds is 5. The molecule has 2 aromatic rings. The van der Waals surface area contributed by atoms with Gasteiger partial charge in [0, 0.05) is 0 Å².